The number of hydrogen-bond acceptors (Lipinski definition) is 7. The number of hydrogen-bond donors (Lipinski definition) is 3. The fourth-order valence-electron chi connectivity index (χ4n) is 6.79. The van der Waals surface area contributed by atoms with Gasteiger partial charge in [-0.2, -0.15) is 0 Å². The van der Waals surface area contributed by atoms with Crippen molar-refractivity contribution in [2.45, 2.75) is 90.6 Å². The molecule has 9 nitrogen and oxygen atoms in total. The molecule has 1 aromatic heterocycles. The Morgan fingerprint density at radius 3 is 2.55 bits per heavy atom. The number of aliphatic hydroxyl groups is 1. The van der Waals surface area contributed by atoms with Gasteiger partial charge in [0.15, 0.2) is 11.4 Å². The van der Waals surface area contributed by atoms with E-state index in [0.717, 1.165) is 52.3 Å². The predicted molar refractivity (Wildman–Crippen MR) is 158 cm³/mol. The molecule has 0 radical (unpaired) electrons. The van der Waals surface area contributed by atoms with Crippen molar-refractivity contribution in [1.82, 2.24) is 9.88 Å². The standard InChI is InChI=1S/C33H37N3O6/c1-5-33(41)25-13-26-22-11-19-10-9-18(12-27(37)17(4)35-30(38)29(34)16(2)3)20-7-6-8-21(28(19)20)23(22)14-36(26)31(39)24(25)15-42-32(33)40/h9-11,13,16-17,29,41H,5-8,12,14-15,34H2,1-4H3,(H,35,38)/t17-,29?,33-/m0/s1. The number of nitrogens with two attached hydrogens (primary N) is 1. The van der Waals surface area contributed by atoms with Gasteiger partial charge in [-0.3, -0.25) is 14.4 Å². The lowest BCUT2D eigenvalue weighted by molar-refractivity contribution is -0.172. The zero-order valence-electron chi connectivity index (χ0n) is 24.5. The average Bonchev–Trinajstić information content (AvgIpc) is 3.35. The fourth-order valence-corrected chi connectivity index (χ4v) is 6.79. The molecular formula is C33H37N3O6. The maximum atomic E-state index is 13.6. The number of pyridine rings is 1. The van der Waals surface area contributed by atoms with Crippen LogP contribution in [0.3, 0.4) is 0 Å². The Labute approximate surface area is 244 Å². The lowest BCUT2D eigenvalue weighted by Crippen LogP contribution is -2.49. The third-order valence-corrected chi connectivity index (χ3v) is 9.45. The van der Waals surface area contributed by atoms with Crippen molar-refractivity contribution in [2.75, 3.05) is 0 Å². The van der Waals surface area contributed by atoms with Crippen LogP contribution < -0.4 is 16.6 Å². The molecule has 9 heteroatoms. The number of Topliss-reactive ketones (excluding diaryl/α,β-unsaturated/α-hetero) is 1. The number of fused-ring (bicyclic) bond motifs is 5. The molecule has 3 aliphatic rings. The number of carbonyl (C=O) groups is 3. The second-order valence-electron chi connectivity index (χ2n) is 12.3. The van der Waals surface area contributed by atoms with E-state index in [0.29, 0.717) is 23.4 Å². The number of aromatic nitrogens is 1. The summed E-state index contributed by atoms with van der Waals surface area (Å²) in [4.78, 5) is 51.8. The second-order valence-corrected chi connectivity index (χ2v) is 12.3. The Bertz CT molecular complexity index is 1740. The van der Waals surface area contributed by atoms with Gasteiger partial charge in [-0.15, -0.1) is 0 Å². The molecule has 0 spiro atoms. The molecule has 1 amide bonds. The van der Waals surface area contributed by atoms with Crippen LogP contribution in [0.2, 0.25) is 0 Å². The first-order valence-electron chi connectivity index (χ1n) is 14.8. The van der Waals surface area contributed by atoms with Crippen LogP contribution in [0.25, 0.3) is 22.0 Å². The molecule has 3 heterocycles. The molecule has 2 aliphatic heterocycles. The third kappa shape index (κ3) is 4.21. The van der Waals surface area contributed by atoms with E-state index in [9.17, 15) is 24.3 Å². The number of ether oxygens (including phenoxy) is 1. The third-order valence-electron chi connectivity index (χ3n) is 9.45. The summed E-state index contributed by atoms with van der Waals surface area (Å²) in [5.74, 6) is -1.16. The summed E-state index contributed by atoms with van der Waals surface area (Å²) in [5, 5.41) is 16.1. The van der Waals surface area contributed by atoms with Gasteiger partial charge in [-0.25, -0.2) is 4.79 Å². The summed E-state index contributed by atoms with van der Waals surface area (Å²) in [6.45, 7) is 7.40. The van der Waals surface area contributed by atoms with Gasteiger partial charge in [0, 0.05) is 17.5 Å². The molecule has 1 unspecified atom stereocenters. The van der Waals surface area contributed by atoms with Crippen LogP contribution in [0.1, 0.15) is 73.9 Å². The number of rotatable bonds is 7. The molecule has 42 heavy (non-hydrogen) atoms. The average molecular weight is 572 g/mol. The van der Waals surface area contributed by atoms with Crippen LogP contribution >= 0.6 is 0 Å². The SMILES string of the molecule is CC[C@@]1(O)C(=O)OCc2c1cc1n(c2=O)Cc2c-1cc1ccc(CC(=O)[C@H](C)NC(=O)C(N)C(C)C)c3c1c2CCC3. The highest BCUT2D eigenvalue weighted by molar-refractivity contribution is 5.98. The molecule has 4 N–H and O–H groups in total. The van der Waals surface area contributed by atoms with Crippen LogP contribution in [0.5, 0.6) is 0 Å². The van der Waals surface area contributed by atoms with Crippen LogP contribution in [0.4, 0.5) is 0 Å². The Morgan fingerprint density at radius 1 is 1.10 bits per heavy atom. The minimum absolute atomic E-state index is 0.0292. The summed E-state index contributed by atoms with van der Waals surface area (Å²) in [7, 11) is 0. The fraction of sp³-hybridized carbons (Fsp3) is 0.455. The molecule has 220 valence electrons. The summed E-state index contributed by atoms with van der Waals surface area (Å²) in [5.41, 5.74) is 10.5. The van der Waals surface area contributed by atoms with Crippen molar-refractivity contribution in [3.05, 3.63) is 68.0 Å². The highest BCUT2D eigenvalue weighted by atomic mass is 16.6. The molecule has 0 bridgehead atoms. The van der Waals surface area contributed by atoms with Gasteiger partial charge in [0.05, 0.1) is 29.9 Å². The van der Waals surface area contributed by atoms with Gasteiger partial charge in [0.1, 0.15) is 6.61 Å². The highest BCUT2D eigenvalue weighted by Gasteiger charge is 2.45. The van der Waals surface area contributed by atoms with Crippen molar-refractivity contribution < 1.29 is 24.2 Å². The minimum atomic E-state index is -1.85. The van der Waals surface area contributed by atoms with Crippen LogP contribution in [-0.2, 0) is 57.1 Å². The van der Waals surface area contributed by atoms with Gasteiger partial charge in [0.25, 0.3) is 5.56 Å². The number of nitrogens with one attached hydrogen (secondary N) is 1. The molecule has 3 atom stereocenters. The van der Waals surface area contributed by atoms with Gasteiger partial charge in [-0.1, -0.05) is 32.9 Å². The number of cyclic esters (lactones) is 1. The number of aryl methyl sites for hydroxylation is 2. The number of benzene rings is 2. The zero-order valence-corrected chi connectivity index (χ0v) is 24.5. The molecule has 3 aromatic rings. The Kier molecular flexibility index (Phi) is 6.85. The van der Waals surface area contributed by atoms with Gasteiger partial charge in [0.2, 0.25) is 5.91 Å². The maximum absolute atomic E-state index is 13.6. The smallest absolute Gasteiger partial charge is 0.343 e. The number of esters is 1. The first-order valence-corrected chi connectivity index (χ1v) is 14.8. The van der Waals surface area contributed by atoms with E-state index in [-0.39, 0.29) is 42.6 Å². The first-order chi connectivity index (χ1) is 20.0. The van der Waals surface area contributed by atoms with Gasteiger partial charge in [-0.05, 0) is 83.7 Å². The van der Waals surface area contributed by atoms with Gasteiger partial charge < -0.3 is 25.5 Å². The number of carbonyl (C=O) groups excluding carboxylic acids is 3. The van der Waals surface area contributed by atoms with E-state index in [1.165, 1.54) is 5.56 Å². The van der Waals surface area contributed by atoms with Crippen molar-refractivity contribution in [3.8, 4) is 11.3 Å². The van der Waals surface area contributed by atoms with E-state index >= 15 is 0 Å². The maximum Gasteiger partial charge on any atom is 0.343 e. The Hall–Kier alpha value is -3.82. The topological polar surface area (TPSA) is 141 Å². The van der Waals surface area contributed by atoms with E-state index in [1.54, 1.807) is 24.5 Å². The summed E-state index contributed by atoms with van der Waals surface area (Å²) < 4.78 is 6.93. The monoisotopic (exact) mass is 571 g/mol. The molecule has 0 saturated carbocycles. The normalized spacial score (nSPS) is 20.0. The predicted octanol–water partition coefficient (Wildman–Crippen LogP) is 2.77. The van der Waals surface area contributed by atoms with E-state index in [2.05, 4.69) is 11.4 Å². The molecule has 0 saturated heterocycles. The highest BCUT2D eigenvalue weighted by Crippen LogP contribution is 2.44. The van der Waals surface area contributed by atoms with Crippen LogP contribution in [0.15, 0.2) is 29.1 Å². The van der Waals surface area contributed by atoms with E-state index in [4.69, 9.17) is 10.5 Å². The van der Waals surface area contributed by atoms with Crippen molar-refractivity contribution >= 4 is 28.4 Å². The van der Waals surface area contributed by atoms with Crippen molar-refractivity contribution in [1.29, 1.82) is 0 Å². The molecule has 6 rings (SSSR count). The number of ketones is 1. The number of amides is 1. The lowest BCUT2D eigenvalue weighted by Gasteiger charge is -2.31. The summed E-state index contributed by atoms with van der Waals surface area (Å²) in [6, 6.07) is 6.57. The van der Waals surface area contributed by atoms with Crippen molar-refractivity contribution in [2.24, 2.45) is 11.7 Å². The van der Waals surface area contributed by atoms with Crippen LogP contribution in [0, 0.1) is 5.92 Å². The minimum Gasteiger partial charge on any atom is -0.458 e. The Morgan fingerprint density at radius 2 is 1.83 bits per heavy atom. The number of nitrogens with zero attached hydrogens (tertiary/aromatic N) is 1. The first kappa shape index (κ1) is 28.3. The molecule has 0 fully saturated rings. The Balaban J connectivity index is 1.39. The zero-order chi connectivity index (χ0) is 30.1. The largest absolute Gasteiger partial charge is 0.458 e. The molecule has 2 aromatic carbocycles. The van der Waals surface area contributed by atoms with Crippen molar-refractivity contribution in [3.63, 3.8) is 0 Å². The lowest BCUT2D eigenvalue weighted by atomic mass is 9.80. The molecular weight excluding hydrogens is 534 g/mol. The van der Waals surface area contributed by atoms with Gasteiger partial charge >= 0.3 is 5.97 Å². The second kappa shape index (κ2) is 10.2. The summed E-state index contributed by atoms with van der Waals surface area (Å²) >= 11 is 0. The van der Waals surface area contributed by atoms with E-state index < -0.39 is 23.7 Å². The summed E-state index contributed by atoms with van der Waals surface area (Å²) in [6.07, 6.45) is 2.92. The van der Waals surface area contributed by atoms with Crippen LogP contribution in [-0.4, -0.2) is 39.4 Å². The van der Waals surface area contributed by atoms with E-state index in [1.807, 2.05) is 26.0 Å². The molecule has 1 aliphatic carbocycles. The quantitative estimate of drug-likeness (QED) is 0.290.